The fourth-order valence-corrected chi connectivity index (χ4v) is 4.32. The van der Waals surface area contributed by atoms with Gasteiger partial charge in [0.25, 0.3) is 5.69 Å². The highest BCUT2D eigenvalue weighted by atomic mass is 35.5. The smallest absolute Gasteiger partial charge is 0.273 e. The van der Waals surface area contributed by atoms with E-state index in [2.05, 4.69) is 10.5 Å². The molecular formula is C13H14ClN3O5S. The molecule has 124 valence electrons. The molecule has 10 heteroatoms. The van der Waals surface area contributed by atoms with Crippen LogP contribution in [0.25, 0.3) is 0 Å². The predicted octanol–water partition coefficient (Wildman–Crippen LogP) is 1.52. The van der Waals surface area contributed by atoms with Crippen molar-refractivity contribution in [1.29, 1.82) is 0 Å². The van der Waals surface area contributed by atoms with Gasteiger partial charge in [-0.15, -0.1) is 0 Å². The van der Waals surface area contributed by atoms with Gasteiger partial charge in [0.2, 0.25) is 5.91 Å². The van der Waals surface area contributed by atoms with Gasteiger partial charge >= 0.3 is 0 Å². The van der Waals surface area contributed by atoms with E-state index in [4.69, 9.17) is 11.6 Å². The van der Waals surface area contributed by atoms with Crippen LogP contribution < -0.4 is 5.43 Å². The minimum Gasteiger partial charge on any atom is -0.273 e. The molecule has 1 atom stereocenters. The van der Waals surface area contributed by atoms with E-state index >= 15 is 0 Å². The van der Waals surface area contributed by atoms with Crippen molar-refractivity contribution in [2.24, 2.45) is 11.0 Å². The summed E-state index contributed by atoms with van der Waals surface area (Å²) in [5, 5.41) is 14.5. The summed E-state index contributed by atoms with van der Waals surface area (Å²) >= 11 is 5.69. The Morgan fingerprint density at radius 1 is 1.52 bits per heavy atom. The molecule has 1 N–H and O–H groups in total. The van der Waals surface area contributed by atoms with Gasteiger partial charge in [0.05, 0.1) is 22.6 Å². The molecule has 1 aliphatic heterocycles. The number of rotatable bonds is 5. The van der Waals surface area contributed by atoms with Crippen molar-refractivity contribution in [1.82, 2.24) is 5.43 Å². The number of nitrogens with one attached hydrogen (secondary N) is 1. The lowest BCUT2D eigenvalue weighted by Crippen LogP contribution is -2.21. The van der Waals surface area contributed by atoms with Crippen LogP contribution in [0.3, 0.4) is 0 Å². The summed E-state index contributed by atoms with van der Waals surface area (Å²) in [7, 11) is -3.02. The Bertz CT molecular complexity index is 763. The third kappa shape index (κ3) is 5.00. The molecule has 1 aromatic rings. The summed E-state index contributed by atoms with van der Waals surface area (Å²) in [6.07, 6.45) is 1.81. The third-order valence-corrected chi connectivity index (χ3v) is 5.53. The Morgan fingerprint density at radius 3 is 2.87 bits per heavy atom. The molecule has 1 fully saturated rings. The summed E-state index contributed by atoms with van der Waals surface area (Å²) in [5.74, 6) is -0.450. The van der Waals surface area contributed by atoms with Gasteiger partial charge < -0.3 is 0 Å². The first-order chi connectivity index (χ1) is 10.8. The minimum atomic E-state index is -3.02. The molecule has 1 saturated heterocycles. The third-order valence-electron chi connectivity index (χ3n) is 3.37. The number of halogens is 1. The van der Waals surface area contributed by atoms with Gasteiger partial charge in [-0.1, -0.05) is 17.7 Å². The summed E-state index contributed by atoms with van der Waals surface area (Å²) < 4.78 is 22.6. The number of hydrogen-bond donors (Lipinski definition) is 1. The standard InChI is InChI=1S/C13H14ClN3O5S/c14-11-2-1-9(5-12(11)17(19)20)7-15-16-13(18)6-10-3-4-23(21,22)8-10/h1-2,5,7,10H,3-4,6,8H2,(H,16,18)/b15-7-/t10-/m1/s1. The van der Waals surface area contributed by atoms with Crippen LogP contribution in [0.2, 0.25) is 5.02 Å². The monoisotopic (exact) mass is 359 g/mol. The van der Waals surface area contributed by atoms with Crippen LogP contribution in [0, 0.1) is 16.0 Å². The molecule has 0 unspecified atom stereocenters. The van der Waals surface area contributed by atoms with E-state index in [0.29, 0.717) is 12.0 Å². The molecule has 1 heterocycles. The Kier molecular flexibility index (Phi) is 5.32. The molecule has 23 heavy (non-hydrogen) atoms. The van der Waals surface area contributed by atoms with E-state index in [1.165, 1.54) is 24.4 Å². The Labute approximate surface area is 137 Å². The summed E-state index contributed by atoms with van der Waals surface area (Å²) in [6.45, 7) is 0. The van der Waals surface area contributed by atoms with Crippen LogP contribution >= 0.6 is 11.6 Å². The average molecular weight is 360 g/mol. The van der Waals surface area contributed by atoms with E-state index < -0.39 is 20.7 Å². The highest BCUT2D eigenvalue weighted by Gasteiger charge is 2.29. The second kappa shape index (κ2) is 7.05. The summed E-state index contributed by atoms with van der Waals surface area (Å²) in [4.78, 5) is 21.8. The number of sulfone groups is 1. The number of benzene rings is 1. The second-order valence-corrected chi connectivity index (χ2v) is 7.87. The van der Waals surface area contributed by atoms with Gasteiger partial charge in [-0.2, -0.15) is 5.10 Å². The molecule has 0 spiro atoms. The number of carbonyl (C=O) groups is 1. The molecule has 1 aliphatic rings. The average Bonchev–Trinajstić information content (AvgIpc) is 2.79. The lowest BCUT2D eigenvalue weighted by Gasteiger charge is -2.05. The Morgan fingerprint density at radius 2 is 2.26 bits per heavy atom. The van der Waals surface area contributed by atoms with Crippen LogP contribution in [-0.2, 0) is 14.6 Å². The van der Waals surface area contributed by atoms with E-state index in [0.717, 1.165) is 0 Å². The second-order valence-electron chi connectivity index (χ2n) is 5.23. The first-order valence-corrected chi connectivity index (χ1v) is 8.93. The van der Waals surface area contributed by atoms with Crippen molar-refractivity contribution in [3.05, 3.63) is 38.9 Å². The maximum Gasteiger partial charge on any atom is 0.288 e. The van der Waals surface area contributed by atoms with Crippen LogP contribution in [0.15, 0.2) is 23.3 Å². The van der Waals surface area contributed by atoms with Crippen LogP contribution in [0.5, 0.6) is 0 Å². The quantitative estimate of drug-likeness (QED) is 0.485. The first kappa shape index (κ1) is 17.4. The molecule has 0 aliphatic carbocycles. The molecule has 1 aromatic carbocycles. The first-order valence-electron chi connectivity index (χ1n) is 6.73. The zero-order valence-corrected chi connectivity index (χ0v) is 13.5. The Hall–Kier alpha value is -2.00. The van der Waals surface area contributed by atoms with Crippen molar-refractivity contribution in [2.75, 3.05) is 11.5 Å². The van der Waals surface area contributed by atoms with E-state index in [1.807, 2.05) is 0 Å². The lowest BCUT2D eigenvalue weighted by atomic mass is 10.1. The van der Waals surface area contributed by atoms with Crippen LogP contribution in [0.1, 0.15) is 18.4 Å². The predicted molar refractivity (Wildman–Crippen MR) is 85.2 cm³/mol. The van der Waals surface area contributed by atoms with Gasteiger partial charge in [0.15, 0.2) is 9.84 Å². The van der Waals surface area contributed by atoms with Gasteiger partial charge in [-0.25, -0.2) is 13.8 Å². The minimum absolute atomic E-state index is 0.0126. The lowest BCUT2D eigenvalue weighted by molar-refractivity contribution is -0.384. The maximum absolute atomic E-state index is 11.7. The number of nitro groups is 1. The van der Waals surface area contributed by atoms with Crippen LogP contribution in [-0.4, -0.2) is 37.0 Å². The van der Waals surface area contributed by atoms with Crippen molar-refractivity contribution >= 4 is 39.2 Å². The number of hydrogen-bond acceptors (Lipinski definition) is 6. The van der Waals surface area contributed by atoms with Crippen LogP contribution in [0.4, 0.5) is 5.69 Å². The largest absolute Gasteiger partial charge is 0.288 e. The van der Waals surface area contributed by atoms with Gasteiger partial charge in [-0.05, 0) is 18.4 Å². The summed E-state index contributed by atoms with van der Waals surface area (Å²) in [5.41, 5.74) is 2.44. The zero-order valence-electron chi connectivity index (χ0n) is 11.9. The molecule has 2 rings (SSSR count). The highest BCUT2D eigenvalue weighted by molar-refractivity contribution is 7.91. The van der Waals surface area contributed by atoms with E-state index in [-0.39, 0.29) is 34.6 Å². The van der Waals surface area contributed by atoms with Crippen molar-refractivity contribution in [3.63, 3.8) is 0 Å². The van der Waals surface area contributed by atoms with Crippen molar-refractivity contribution in [2.45, 2.75) is 12.8 Å². The topological polar surface area (TPSA) is 119 Å². The number of hydrazone groups is 1. The highest BCUT2D eigenvalue weighted by Crippen LogP contribution is 2.24. The summed E-state index contributed by atoms with van der Waals surface area (Å²) in [6, 6.07) is 4.13. The molecule has 0 bridgehead atoms. The SMILES string of the molecule is O=C(C[C@H]1CCS(=O)(=O)C1)N/N=C\c1ccc(Cl)c([N+](=O)[O-])c1. The number of carbonyl (C=O) groups excluding carboxylic acids is 1. The van der Waals surface area contributed by atoms with Crippen molar-refractivity contribution in [3.8, 4) is 0 Å². The van der Waals surface area contributed by atoms with E-state index in [1.54, 1.807) is 0 Å². The molecule has 1 amide bonds. The molecule has 8 nitrogen and oxygen atoms in total. The number of amides is 1. The zero-order chi connectivity index (χ0) is 17.0. The molecule has 0 saturated carbocycles. The van der Waals surface area contributed by atoms with Gasteiger partial charge in [-0.3, -0.25) is 14.9 Å². The van der Waals surface area contributed by atoms with Crippen molar-refractivity contribution < 1.29 is 18.1 Å². The fourth-order valence-electron chi connectivity index (χ4n) is 2.27. The van der Waals surface area contributed by atoms with E-state index in [9.17, 15) is 23.3 Å². The molecule has 0 aromatic heterocycles. The molecule has 0 radical (unpaired) electrons. The number of nitro benzene ring substituents is 1. The fraction of sp³-hybridized carbons (Fsp3) is 0.385. The number of nitrogens with zero attached hydrogens (tertiary/aromatic N) is 2. The maximum atomic E-state index is 11.7. The normalized spacial score (nSPS) is 19.8. The van der Waals surface area contributed by atoms with Gasteiger partial charge in [0.1, 0.15) is 5.02 Å². The van der Waals surface area contributed by atoms with Gasteiger partial charge in [0, 0.05) is 18.1 Å². The molecular weight excluding hydrogens is 346 g/mol. The Balaban J connectivity index is 1.90.